The number of rotatable bonds is 6. The Morgan fingerprint density at radius 1 is 1.25 bits per heavy atom. The molecule has 0 saturated heterocycles. The molecular weight excluding hydrogens is 454 g/mol. The third-order valence-corrected chi connectivity index (χ3v) is 5.63. The van der Waals surface area contributed by atoms with Crippen LogP contribution in [0.2, 0.25) is 0 Å². The first-order valence-electron chi connectivity index (χ1n) is 11.3. The van der Waals surface area contributed by atoms with E-state index >= 15 is 0 Å². The van der Waals surface area contributed by atoms with E-state index in [0.29, 0.717) is 11.5 Å². The number of likely N-dealkylation sites (N-methyl/N-ethyl adjacent to an activating group) is 1. The number of hydrogen-bond donors (Lipinski definition) is 2. The third kappa shape index (κ3) is 5.54. The molecule has 8 heteroatoms. The van der Waals surface area contributed by atoms with Crippen molar-refractivity contribution < 1.29 is 14.6 Å². The van der Waals surface area contributed by atoms with Crippen molar-refractivity contribution >= 4 is 34.0 Å². The summed E-state index contributed by atoms with van der Waals surface area (Å²) in [5.41, 5.74) is 4.03. The minimum Gasteiger partial charge on any atom is -0.457 e. The number of amides is 1. The van der Waals surface area contributed by atoms with Crippen LogP contribution in [0.1, 0.15) is 12.0 Å². The molecule has 0 saturated carbocycles. The molecular formula is C28H27N5O3. The van der Waals surface area contributed by atoms with Gasteiger partial charge in [-0.2, -0.15) is 0 Å². The second kappa shape index (κ2) is 10.8. The molecule has 0 bridgehead atoms. The standard InChI is InChI=1S/C28H27N5O3/c1-19-15-21(8-11-26(19)36-23-12-13-32(3)20(2)16-23)31-28-24-17-22(9-10-25(24)29-18-30-28)33(4)27(35)7-5-6-14-34/h8-13,15-18,34H,2,6,14H2,1,3-4H3,(H,29,30,31). The minimum atomic E-state index is -0.362. The van der Waals surface area contributed by atoms with Crippen LogP contribution in [-0.2, 0) is 4.79 Å². The predicted octanol–water partition coefficient (Wildman–Crippen LogP) is 4.27. The summed E-state index contributed by atoms with van der Waals surface area (Å²) >= 11 is 0. The Labute approximate surface area is 210 Å². The van der Waals surface area contributed by atoms with Gasteiger partial charge in [-0.1, -0.05) is 12.5 Å². The summed E-state index contributed by atoms with van der Waals surface area (Å²) in [5, 5.41) is 13.0. The molecule has 0 fully saturated rings. The second-order valence-corrected chi connectivity index (χ2v) is 8.24. The maximum absolute atomic E-state index is 12.4. The van der Waals surface area contributed by atoms with E-state index < -0.39 is 0 Å². The first-order valence-corrected chi connectivity index (χ1v) is 11.3. The average Bonchev–Trinajstić information content (AvgIpc) is 2.87. The topological polar surface area (TPSA) is 90.8 Å². The number of ether oxygens (including phenoxy) is 1. The molecule has 0 spiro atoms. The van der Waals surface area contributed by atoms with Crippen molar-refractivity contribution in [3.05, 3.63) is 84.7 Å². The van der Waals surface area contributed by atoms with Gasteiger partial charge in [0, 0.05) is 55.3 Å². The highest BCUT2D eigenvalue weighted by atomic mass is 16.5. The normalized spacial score (nSPS) is 12.6. The van der Waals surface area contributed by atoms with E-state index in [-0.39, 0.29) is 18.9 Å². The zero-order valence-electron chi connectivity index (χ0n) is 20.4. The molecule has 36 heavy (non-hydrogen) atoms. The number of aromatic nitrogens is 2. The molecule has 0 unspecified atom stereocenters. The van der Waals surface area contributed by atoms with E-state index in [1.165, 1.54) is 11.2 Å². The van der Waals surface area contributed by atoms with E-state index in [1.807, 2.05) is 73.6 Å². The lowest BCUT2D eigenvalue weighted by atomic mass is 10.1. The molecule has 0 atom stereocenters. The summed E-state index contributed by atoms with van der Waals surface area (Å²) in [6.45, 7) is 5.89. The van der Waals surface area contributed by atoms with Crippen LogP contribution < -0.4 is 15.0 Å². The van der Waals surface area contributed by atoms with Crippen molar-refractivity contribution in [2.24, 2.45) is 0 Å². The number of anilines is 3. The van der Waals surface area contributed by atoms with E-state index in [2.05, 4.69) is 33.7 Å². The number of carbonyl (C=O) groups is 1. The predicted molar refractivity (Wildman–Crippen MR) is 142 cm³/mol. The van der Waals surface area contributed by atoms with Gasteiger partial charge in [0.2, 0.25) is 0 Å². The van der Waals surface area contributed by atoms with Crippen LogP contribution in [-0.4, -0.2) is 46.6 Å². The van der Waals surface area contributed by atoms with E-state index in [1.54, 1.807) is 7.05 Å². The van der Waals surface area contributed by atoms with Gasteiger partial charge in [-0.05, 0) is 60.9 Å². The van der Waals surface area contributed by atoms with Gasteiger partial charge >= 0.3 is 5.91 Å². The number of fused-ring (bicyclic) bond motifs is 1. The molecule has 182 valence electrons. The number of allylic oxidation sites excluding steroid dienone is 2. The molecule has 3 aromatic rings. The minimum absolute atomic E-state index is 0.0822. The summed E-state index contributed by atoms with van der Waals surface area (Å²) in [6.07, 6.45) is 7.43. The fourth-order valence-corrected chi connectivity index (χ4v) is 3.51. The number of nitrogens with one attached hydrogen (secondary N) is 1. The van der Waals surface area contributed by atoms with Crippen LogP contribution in [0, 0.1) is 18.8 Å². The molecule has 8 nitrogen and oxygen atoms in total. The summed E-state index contributed by atoms with van der Waals surface area (Å²) in [4.78, 5) is 24.5. The van der Waals surface area contributed by atoms with Gasteiger partial charge < -0.3 is 25.0 Å². The first kappa shape index (κ1) is 24.5. The van der Waals surface area contributed by atoms with Crippen LogP contribution in [0.3, 0.4) is 0 Å². The van der Waals surface area contributed by atoms with Crippen LogP contribution in [0.4, 0.5) is 17.2 Å². The lowest BCUT2D eigenvalue weighted by Crippen LogP contribution is -2.24. The average molecular weight is 482 g/mol. The van der Waals surface area contributed by atoms with Gasteiger partial charge in [0.05, 0.1) is 12.1 Å². The van der Waals surface area contributed by atoms with Gasteiger partial charge in [-0.15, -0.1) is 0 Å². The van der Waals surface area contributed by atoms with Gasteiger partial charge in [-0.3, -0.25) is 4.79 Å². The lowest BCUT2D eigenvalue weighted by molar-refractivity contribution is -0.113. The van der Waals surface area contributed by atoms with Gasteiger partial charge in [-0.25, -0.2) is 9.97 Å². The molecule has 1 aliphatic rings. The zero-order valence-corrected chi connectivity index (χ0v) is 20.4. The molecule has 1 aliphatic heterocycles. The molecule has 2 heterocycles. The van der Waals surface area contributed by atoms with E-state index in [4.69, 9.17) is 9.84 Å². The molecule has 0 aliphatic carbocycles. The van der Waals surface area contributed by atoms with Gasteiger partial charge in [0.25, 0.3) is 0 Å². The maximum Gasteiger partial charge on any atom is 0.302 e. The lowest BCUT2D eigenvalue weighted by Gasteiger charge is -2.20. The van der Waals surface area contributed by atoms with Gasteiger partial charge in [0.1, 0.15) is 23.7 Å². The molecule has 4 rings (SSSR count). The highest BCUT2D eigenvalue weighted by molar-refractivity contribution is 6.06. The molecule has 2 N–H and O–H groups in total. The Morgan fingerprint density at radius 3 is 2.83 bits per heavy atom. The van der Waals surface area contributed by atoms with Gasteiger partial charge in [0.15, 0.2) is 0 Å². The largest absolute Gasteiger partial charge is 0.457 e. The summed E-state index contributed by atoms with van der Waals surface area (Å²) < 4.78 is 6.05. The quantitative estimate of drug-likeness (QED) is 0.508. The Morgan fingerprint density at radius 2 is 2.08 bits per heavy atom. The number of aliphatic hydroxyl groups is 1. The highest BCUT2D eigenvalue weighted by Gasteiger charge is 2.13. The summed E-state index contributed by atoms with van der Waals surface area (Å²) in [7, 11) is 3.58. The van der Waals surface area contributed by atoms with Crippen molar-refractivity contribution in [1.29, 1.82) is 0 Å². The van der Waals surface area contributed by atoms with Crippen molar-refractivity contribution in [3.63, 3.8) is 0 Å². The first-order chi connectivity index (χ1) is 17.4. The Kier molecular flexibility index (Phi) is 7.33. The third-order valence-electron chi connectivity index (χ3n) is 5.63. The fraction of sp³-hybridized carbons (Fsp3) is 0.179. The molecule has 0 radical (unpaired) electrons. The smallest absolute Gasteiger partial charge is 0.302 e. The van der Waals surface area contributed by atoms with Crippen molar-refractivity contribution in [3.8, 4) is 17.6 Å². The van der Waals surface area contributed by atoms with Crippen molar-refractivity contribution in [2.45, 2.75) is 13.3 Å². The van der Waals surface area contributed by atoms with E-state index in [9.17, 15) is 4.79 Å². The number of benzene rings is 2. The number of hydrogen-bond acceptors (Lipinski definition) is 7. The van der Waals surface area contributed by atoms with Crippen molar-refractivity contribution in [1.82, 2.24) is 14.9 Å². The number of carbonyl (C=O) groups excluding carboxylic acids is 1. The summed E-state index contributed by atoms with van der Waals surface area (Å²) in [5.74, 6) is 6.90. The van der Waals surface area contributed by atoms with Crippen LogP contribution in [0.15, 0.2) is 79.1 Å². The second-order valence-electron chi connectivity index (χ2n) is 8.24. The van der Waals surface area contributed by atoms with Crippen molar-refractivity contribution in [2.75, 3.05) is 30.9 Å². The molecule has 1 amide bonds. The van der Waals surface area contributed by atoms with Crippen LogP contribution in [0.25, 0.3) is 10.9 Å². The fourth-order valence-electron chi connectivity index (χ4n) is 3.51. The molecule has 1 aromatic heterocycles. The maximum atomic E-state index is 12.4. The highest BCUT2D eigenvalue weighted by Crippen LogP contribution is 2.30. The molecule has 2 aromatic carbocycles. The number of aliphatic hydroxyl groups excluding tert-OH is 1. The number of aryl methyl sites for hydroxylation is 1. The Hall–Kier alpha value is -4.61. The summed E-state index contributed by atoms with van der Waals surface area (Å²) in [6, 6.07) is 11.3. The SMILES string of the molecule is C=C1C=C(Oc2ccc(Nc3ncnc4ccc(N(C)C(=O)C#CCCO)cc34)cc2C)C=CN1C. The Bertz CT molecular complexity index is 1450. The van der Waals surface area contributed by atoms with Crippen LogP contribution >= 0.6 is 0 Å². The Balaban J connectivity index is 1.56. The number of nitrogens with zero attached hydrogens (tertiary/aromatic N) is 4. The van der Waals surface area contributed by atoms with Crippen LogP contribution in [0.5, 0.6) is 5.75 Å². The zero-order chi connectivity index (χ0) is 25.7. The monoisotopic (exact) mass is 481 g/mol. The van der Waals surface area contributed by atoms with E-state index in [0.717, 1.165) is 39.4 Å².